The number of aromatic amines is 1. The Morgan fingerprint density at radius 1 is 1.24 bits per heavy atom. The Hall–Kier alpha value is -2.27. The van der Waals surface area contributed by atoms with E-state index in [9.17, 15) is 0 Å². The first-order valence-corrected chi connectivity index (χ1v) is 8.80. The van der Waals surface area contributed by atoms with Crippen LogP contribution >= 0.6 is 0 Å². The Bertz CT molecular complexity index is 889. The fraction of sp³-hybridized carbons (Fsp3) is 0.450. The van der Waals surface area contributed by atoms with Gasteiger partial charge in [0.25, 0.3) is 0 Å². The molecule has 3 rings (SSSR count). The Balaban J connectivity index is 1.76. The lowest BCUT2D eigenvalue weighted by atomic mass is 10.1. The molecule has 0 amide bonds. The van der Waals surface area contributed by atoms with Crippen molar-refractivity contribution in [1.29, 1.82) is 0 Å². The summed E-state index contributed by atoms with van der Waals surface area (Å²) in [7, 11) is 3.63. The largest absolute Gasteiger partial charge is 0.481 e. The SMILES string of the molecule is COc1c(CNCc2ccc3[nH]c(C)c(C)c3c2)c(C(C)C)nn1C. The van der Waals surface area contributed by atoms with Gasteiger partial charge in [-0.25, -0.2) is 4.68 Å². The molecule has 134 valence electrons. The van der Waals surface area contributed by atoms with Crippen LogP contribution < -0.4 is 10.1 Å². The van der Waals surface area contributed by atoms with Crippen LogP contribution in [0.5, 0.6) is 5.88 Å². The number of nitrogens with one attached hydrogen (secondary N) is 2. The molecule has 2 N–H and O–H groups in total. The van der Waals surface area contributed by atoms with Crippen LogP contribution in [0.25, 0.3) is 10.9 Å². The zero-order chi connectivity index (χ0) is 18.1. The van der Waals surface area contributed by atoms with Gasteiger partial charge in [-0.05, 0) is 43.0 Å². The summed E-state index contributed by atoms with van der Waals surface area (Å²) in [6.07, 6.45) is 0. The molecule has 5 heteroatoms. The highest BCUT2D eigenvalue weighted by Crippen LogP contribution is 2.27. The average molecular weight is 340 g/mol. The maximum absolute atomic E-state index is 5.54. The molecule has 3 aromatic rings. The minimum atomic E-state index is 0.369. The molecule has 0 atom stereocenters. The lowest BCUT2D eigenvalue weighted by Gasteiger charge is -2.09. The molecular formula is C20H28N4O. The second-order valence-corrected chi connectivity index (χ2v) is 7.01. The zero-order valence-electron chi connectivity index (χ0n) is 16.0. The summed E-state index contributed by atoms with van der Waals surface area (Å²) in [6, 6.07) is 6.61. The van der Waals surface area contributed by atoms with Gasteiger partial charge in [0, 0.05) is 36.7 Å². The lowest BCUT2D eigenvalue weighted by molar-refractivity contribution is 0.368. The van der Waals surface area contributed by atoms with Gasteiger partial charge in [0.2, 0.25) is 5.88 Å². The van der Waals surface area contributed by atoms with Crippen LogP contribution in [0.1, 0.15) is 47.8 Å². The Labute approximate surface area is 149 Å². The Morgan fingerprint density at radius 2 is 2.00 bits per heavy atom. The van der Waals surface area contributed by atoms with E-state index >= 15 is 0 Å². The van der Waals surface area contributed by atoms with Crippen LogP contribution in [0.15, 0.2) is 18.2 Å². The molecule has 0 bridgehead atoms. The van der Waals surface area contributed by atoms with Crippen molar-refractivity contribution >= 4 is 10.9 Å². The van der Waals surface area contributed by atoms with Crippen molar-refractivity contribution in [2.24, 2.45) is 7.05 Å². The first-order chi connectivity index (χ1) is 11.9. The molecule has 0 saturated heterocycles. The fourth-order valence-corrected chi connectivity index (χ4v) is 3.41. The summed E-state index contributed by atoms with van der Waals surface area (Å²) in [4.78, 5) is 3.43. The molecule has 1 aromatic carbocycles. The molecule has 0 spiro atoms. The standard InChI is InChI=1S/C20H28N4O/c1-12(2)19-17(20(25-6)24(5)23-19)11-21-10-15-7-8-18-16(9-15)13(3)14(4)22-18/h7-9,12,21-22H,10-11H2,1-6H3. The smallest absolute Gasteiger partial charge is 0.216 e. The summed E-state index contributed by atoms with van der Waals surface area (Å²) in [6.45, 7) is 10.2. The van der Waals surface area contributed by atoms with Gasteiger partial charge in [0.1, 0.15) is 0 Å². The molecule has 0 radical (unpaired) electrons. The fourth-order valence-electron chi connectivity index (χ4n) is 3.41. The number of benzene rings is 1. The van der Waals surface area contributed by atoms with Crippen LogP contribution in [0.3, 0.4) is 0 Å². The molecule has 0 aliphatic carbocycles. The third kappa shape index (κ3) is 3.29. The number of ether oxygens (including phenoxy) is 1. The molecule has 2 heterocycles. The van der Waals surface area contributed by atoms with Gasteiger partial charge < -0.3 is 15.0 Å². The third-order valence-electron chi connectivity index (χ3n) is 4.86. The zero-order valence-corrected chi connectivity index (χ0v) is 16.0. The molecule has 0 aliphatic heterocycles. The summed E-state index contributed by atoms with van der Waals surface area (Å²) < 4.78 is 7.37. The minimum Gasteiger partial charge on any atom is -0.481 e. The number of methoxy groups -OCH3 is 1. The van der Waals surface area contributed by atoms with Crippen LogP contribution in [-0.2, 0) is 20.1 Å². The summed E-state index contributed by atoms with van der Waals surface area (Å²) in [5, 5.41) is 9.46. The van der Waals surface area contributed by atoms with Crippen molar-refractivity contribution in [2.45, 2.75) is 46.7 Å². The molecule has 0 aliphatic rings. The maximum atomic E-state index is 5.54. The summed E-state index contributed by atoms with van der Waals surface area (Å²) in [5.41, 5.74) is 7.29. The lowest BCUT2D eigenvalue weighted by Crippen LogP contribution is -2.14. The topological polar surface area (TPSA) is 54.9 Å². The van der Waals surface area contributed by atoms with E-state index in [4.69, 9.17) is 4.74 Å². The molecule has 25 heavy (non-hydrogen) atoms. The first kappa shape index (κ1) is 17.5. The van der Waals surface area contributed by atoms with Crippen LogP contribution in [-0.4, -0.2) is 21.9 Å². The number of hydrogen-bond acceptors (Lipinski definition) is 3. The van der Waals surface area contributed by atoms with E-state index < -0.39 is 0 Å². The van der Waals surface area contributed by atoms with Gasteiger partial charge in [-0.1, -0.05) is 19.9 Å². The van der Waals surface area contributed by atoms with Crippen LogP contribution in [0, 0.1) is 13.8 Å². The van der Waals surface area contributed by atoms with Gasteiger partial charge in [-0.3, -0.25) is 0 Å². The van der Waals surface area contributed by atoms with Crippen molar-refractivity contribution in [2.75, 3.05) is 7.11 Å². The number of nitrogens with zero attached hydrogens (tertiary/aromatic N) is 2. The summed E-state index contributed by atoms with van der Waals surface area (Å²) >= 11 is 0. The van der Waals surface area contributed by atoms with Crippen molar-refractivity contribution in [3.05, 3.63) is 46.3 Å². The number of aryl methyl sites for hydroxylation is 3. The van der Waals surface area contributed by atoms with E-state index in [0.717, 1.165) is 30.2 Å². The van der Waals surface area contributed by atoms with Crippen LogP contribution in [0.2, 0.25) is 0 Å². The highest BCUT2D eigenvalue weighted by molar-refractivity contribution is 5.84. The van der Waals surface area contributed by atoms with E-state index in [1.807, 2.05) is 11.7 Å². The number of H-pyrrole nitrogens is 1. The Morgan fingerprint density at radius 3 is 2.68 bits per heavy atom. The molecule has 2 aromatic heterocycles. The number of hydrogen-bond donors (Lipinski definition) is 2. The first-order valence-electron chi connectivity index (χ1n) is 8.80. The maximum Gasteiger partial charge on any atom is 0.216 e. The molecule has 5 nitrogen and oxygen atoms in total. The minimum absolute atomic E-state index is 0.369. The van der Waals surface area contributed by atoms with E-state index in [0.29, 0.717) is 5.92 Å². The number of rotatable bonds is 6. The molecule has 0 saturated carbocycles. The van der Waals surface area contributed by atoms with Gasteiger partial charge in [-0.2, -0.15) is 5.10 Å². The second kappa shape index (κ2) is 6.92. The normalized spacial score (nSPS) is 11.6. The predicted molar refractivity (Wildman–Crippen MR) is 102 cm³/mol. The third-order valence-corrected chi connectivity index (χ3v) is 4.86. The van der Waals surface area contributed by atoms with Crippen molar-refractivity contribution in [3.8, 4) is 5.88 Å². The number of fused-ring (bicyclic) bond motifs is 1. The van der Waals surface area contributed by atoms with Gasteiger partial charge in [-0.15, -0.1) is 0 Å². The molecule has 0 unspecified atom stereocenters. The molecular weight excluding hydrogens is 312 g/mol. The van der Waals surface area contributed by atoms with E-state index in [2.05, 4.69) is 61.3 Å². The second-order valence-electron chi connectivity index (χ2n) is 7.01. The average Bonchev–Trinajstić information content (AvgIpc) is 3.05. The quantitative estimate of drug-likeness (QED) is 0.714. The Kier molecular flexibility index (Phi) is 4.86. The summed E-state index contributed by atoms with van der Waals surface area (Å²) in [5.74, 6) is 1.21. The number of aromatic nitrogens is 3. The van der Waals surface area contributed by atoms with Crippen LogP contribution in [0.4, 0.5) is 0 Å². The van der Waals surface area contributed by atoms with Gasteiger partial charge in [0.15, 0.2) is 0 Å². The van der Waals surface area contributed by atoms with Crippen molar-refractivity contribution in [1.82, 2.24) is 20.1 Å². The predicted octanol–water partition coefficient (Wildman–Crippen LogP) is 3.94. The molecule has 0 fully saturated rings. The van der Waals surface area contributed by atoms with E-state index in [1.54, 1.807) is 7.11 Å². The van der Waals surface area contributed by atoms with Gasteiger partial charge in [0.05, 0.1) is 18.4 Å². The van der Waals surface area contributed by atoms with Crippen molar-refractivity contribution in [3.63, 3.8) is 0 Å². The highest BCUT2D eigenvalue weighted by atomic mass is 16.5. The highest BCUT2D eigenvalue weighted by Gasteiger charge is 2.18. The monoisotopic (exact) mass is 340 g/mol. The van der Waals surface area contributed by atoms with Crippen molar-refractivity contribution < 1.29 is 4.74 Å². The van der Waals surface area contributed by atoms with Gasteiger partial charge >= 0.3 is 0 Å². The van der Waals surface area contributed by atoms with E-state index in [-0.39, 0.29) is 0 Å². The van der Waals surface area contributed by atoms with E-state index in [1.165, 1.54) is 27.7 Å².